The molecule has 4 nitrogen and oxygen atoms in total. The summed E-state index contributed by atoms with van der Waals surface area (Å²) >= 11 is 0. The third-order valence-corrected chi connectivity index (χ3v) is 6.31. The van der Waals surface area contributed by atoms with E-state index in [-0.39, 0.29) is 11.7 Å². The number of rotatable bonds is 6. The Kier molecular flexibility index (Phi) is 6.08. The molecule has 0 saturated heterocycles. The van der Waals surface area contributed by atoms with E-state index in [4.69, 9.17) is 4.98 Å². The predicted octanol–water partition coefficient (Wildman–Crippen LogP) is 5.43. The summed E-state index contributed by atoms with van der Waals surface area (Å²) in [7, 11) is 0. The number of fused-ring (bicyclic) bond motifs is 1. The van der Waals surface area contributed by atoms with Gasteiger partial charge in [-0.3, -0.25) is 4.79 Å². The van der Waals surface area contributed by atoms with Gasteiger partial charge in [0.2, 0.25) is 0 Å². The normalized spacial score (nSPS) is 11.2. The number of hydrogen-bond donors (Lipinski definition) is 1. The van der Waals surface area contributed by atoms with Gasteiger partial charge in [0, 0.05) is 25.1 Å². The molecule has 5 heteroatoms. The Hall–Kier alpha value is -3.47. The lowest BCUT2D eigenvalue weighted by Gasteiger charge is -2.18. The Morgan fingerprint density at radius 1 is 0.969 bits per heavy atom. The number of halogens is 1. The molecule has 0 aliphatic carbocycles. The van der Waals surface area contributed by atoms with Gasteiger partial charge in [-0.1, -0.05) is 18.2 Å². The molecule has 1 N–H and O–H groups in total. The minimum Gasteiger partial charge on any atom is -0.352 e. The molecule has 32 heavy (non-hydrogen) atoms. The van der Waals surface area contributed by atoms with Crippen LogP contribution in [0.15, 0.2) is 54.6 Å². The molecule has 1 amide bonds. The number of amides is 1. The van der Waals surface area contributed by atoms with Crippen LogP contribution in [0.3, 0.4) is 0 Å². The van der Waals surface area contributed by atoms with Gasteiger partial charge in [0.15, 0.2) is 0 Å². The molecule has 0 fully saturated rings. The van der Waals surface area contributed by atoms with Gasteiger partial charge in [0.05, 0.1) is 11.0 Å². The van der Waals surface area contributed by atoms with Crippen LogP contribution in [0.25, 0.3) is 11.0 Å². The van der Waals surface area contributed by atoms with E-state index in [9.17, 15) is 9.18 Å². The van der Waals surface area contributed by atoms with E-state index in [1.165, 1.54) is 52.1 Å². The Labute approximate surface area is 188 Å². The Morgan fingerprint density at radius 2 is 1.62 bits per heavy atom. The number of hydrogen-bond acceptors (Lipinski definition) is 2. The van der Waals surface area contributed by atoms with Crippen molar-refractivity contribution in [2.45, 2.75) is 40.7 Å². The van der Waals surface area contributed by atoms with Crippen molar-refractivity contribution in [2.24, 2.45) is 0 Å². The first-order valence-corrected chi connectivity index (χ1v) is 10.9. The summed E-state index contributed by atoms with van der Waals surface area (Å²) in [6.45, 7) is 9.86. The topological polar surface area (TPSA) is 46.9 Å². The smallest absolute Gasteiger partial charge is 0.251 e. The molecule has 0 saturated carbocycles. The van der Waals surface area contributed by atoms with E-state index >= 15 is 0 Å². The van der Waals surface area contributed by atoms with Gasteiger partial charge in [-0.25, -0.2) is 9.37 Å². The summed E-state index contributed by atoms with van der Waals surface area (Å²) in [5, 5.41) is 2.93. The lowest BCUT2D eigenvalue weighted by atomic mass is 9.94. The molecule has 4 rings (SSSR count). The maximum Gasteiger partial charge on any atom is 0.251 e. The second kappa shape index (κ2) is 8.95. The molecule has 0 aliphatic heterocycles. The van der Waals surface area contributed by atoms with Crippen LogP contribution in [0.1, 0.15) is 44.0 Å². The molecular weight excluding hydrogens is 401 g/mol. The SMILES string of the molecule is Cc1cc(C)c(C)c(Cn2c(CCNC(=O)c3ccc(F)cc3)nc3ccccc32)c1C. The van der Waals surface area contributed by atoms with Crippen molar-refractivity contribution in [3.05, 3.63) is 99.6 Å². The molecule has 0 bridgehead atoms. The van der Waals surface area contributed by atoms with Crippen LogP contribution in [0.4, 0.5) is 4.39 Å². The maximum atomic E-state index is 13.1. The van der Waals surface area contributed by atoms with Crippen LogP contribution < -0.4 is 5.32 Å². The van der Waals surface area contributed by atoms with E-state index < -0.39 is 0 Å². The largest absolute Gasteiger partial charge is 0.352 e. The van der Waals surface area contributed by atoms with E-state index in [2.05, 4.69) is 49.7 Å². The molecule has 0 unspecified atom stereocenters. The van der Waals surface area contributed by atoms with Crippen molar-refractivity contribution in [3.63, 3.8) is 0 Å². The zero-order valence-corrected chi connectivity index (χ0v) is 19.0. The highest BCUT2D eigenvalue weighted by atomic mass is 19.1. The molecule has 0 spiro atoms. The number of carbonyl (C=O) groups excluding carboxylic acids is 1. The fourth-order valence-electron chi connectivity index (χ4n) is 4.18. The first-order valence-electron chi connectivity index (χ1n) is 10.9. The molecule has 0 radical (unpaired) electrons. The minimum atomic E-state index is -0.354. The number of nitrogens with one attached hydrogen (secondary N) is 1. The van der Waals surface area contributed by atoms with Crippen LogP contribution >= 0.6 is 0 Å². The highest BCUT2D eigenvalue weighted by molar-refractivity contribution is 5.94. The molecule has 3 aromatic carbocycles. The number of para-hydroxylation sites is 2. The van der Waals surface area contributed by atoms with Gasteiger partial charge < -0.3 is 9.88 Å². The summed E-state index contributed by atoms with van der Waals surface area (Å²) < 4.78 is 15.4. The van der Waals surface area contributed by atoms with Crippen LogP contribution in [-0.4, -0.2) is 22.0 Å². The van der Waals surface area contributed by atoms with Gasteiger partial charge in [0.1, 0.15) is 11.6 Å². The second-order valence-electron chi connectivity index (χ2n) is 8.35. The van der Waals surface area contributed by atoms with E-state index in [1.807, 2.05) is 18.2 Å². The third-order valence-electron chi connectivity index (χ3n) is 6.31. The van der Waals surface area contributed by atoms with Gasteiger partial charge >= 0.3 is 0 Å². The van der Waals surface area contributed by atoms with Gasteiger partial charge in [-0.05, 0) is 91.9 Å². The van der Waals surface area contributed by atoms with E-state index in [1.54, 1.807) is 0 Å². The van der Waals surface area contributed by atoms with Gasteiger partial charge in [-0.15, -0.1) is 0 Å². The molecular formula is C27H28FN3O. The van der Waals surface area contributed by atoms with Crippen molar-refractivity contribution in [2.75, 3.05) is 6.54 Å². The van der Waals surface area contributed by atoms with Crippen LogP contribution in [0.2, 0.25) is 0 Å². The average molecular weight is 430 g/mol. The highest BCUT2D eigenvalue weighted by Crippen LogP contribution is 2.25. The number of aromatic nitrogens is 2. The predicted molar refractivity (Wildman–Crippen MR) is 127 cm³/mol. The van der Waals surface area contributed by atoms with E-state index in [0.29, 0.717) is 18.5 Å². The molecule has 4 aromatic rings. The number of nitrogens with zero attached hydrogens (tertiary/aromatic N) is 2. The number of imidazole rings is 1. The fraction of sp³-hybridized carbons (Fsp3) is 0.259. The maximum absolute atomic E-state index is 13.1. The van der Waals surface area contributed by atoms with Crippen molar-refractivity contribution < 1.29 is 9.18 Å². The summed E-state index contributed by atoms with van der Waals surface area (Å²) in [4.78, 5) is 17.3. The van der Waals surface area contributed by atoms with Crippen molar-refractivity contribution >= 4 is 16.9 Å². The zero-order chi connectivity index (χ0) is 22.8. The highest BCUT2D eigenvalue weighted by Gasteiger charge is 2.15. The fourth-order valence-corrected chi connectivity index (χ4v) is 4.18. The number of carbonyl (C=O) groups is 1. The first kappa shape index (κ1) is 21.8. The third kappa shape index (κ3) is 4.28. The van der Waals surface area contributed by atoms with E-state index in [0.717, 1.165) is 23.4 Å². The Balaban J connectivity index is 1.60. The Bertz CT molecular complexity index is 1260. The van der Waals surface area contributed by atoms with Crippen molar-refractivity contribution in [1.82, 2.24) is 14.9 Å². The summed E-state index contributed by atoms with van der Waals surface area (Å²) in [5.41, 5.74) is 9.00. The minimum absolute atomic E-state index is 0.214. The summed E-state index contributed by atoms with van der Waals surface area (Å²) in [5.74, 6) is 0.365. The number of aryl methyl sites for hydroxylation is 2. The van der Waals surface area contributed by atoms with Crippen LogP contribution in [0, 0.1) is 33.5 Å². The van der Waals surface area contributed by atoms with Gasteiger partial charge in [0.25, 0.3) is 5.91 Å². The molecule has 1 heterocycles. The average Bonchev–Trinajstić information content (AvgIpc) is 3.13. The molecule has 1 aromatic heterocycles. The molecule has 164 valence electrons. The standard InChI is InChI=1S/C27H28FN3O/c1-17-15-18(2)20(4)23(19(17)3)16-31-25-8-6-5-7-24(25)30-26(31)13-14-29-27(32)21-9-11-22(28)12-10-21/h5-12,15H,13-14,16H2,1-4H3,(H,29,32). The van der Waals surface area contributed by atoms with Crippen molar-refractivity contribution in [1.29, 1.82) is 0 Å². The lowest BCUT2D eigenvalue weighted by molar-refractivity contribution is 0.0954. The van der Waals surface area contributed by atoms with Crippen LogP contribution in [0.5, 0.6) is 0 Å². The summed E-state index contributed by atoms with van der Waals surface area (Å²) in [6.07, 6.45) is 0.602. The van der Waals surface area contributed by atoms with Crippen LogP contribution in [-0.2, 0) is 13.0 Å². The Morgan fingerprint density at radius 3 is 2.31 bits per heavy atom. The first-order chi connectivity index (χ1) is 15.3. The molecule has 0 aliphatic rings. The zero-order valence-electron chi connectivity index (χ0n) is 19.0. The van der Waals surface area contributed by atoms with Gasteiger partial charge in [-0.2, -0.15) is 0 Å². The molecule has 0 atom stereocenters. The number of benzene rings is 3. The monoisotopic (exact) mass is 429 g/mol. The van der Waals surface area contributed by atoms with Crippen molar-refractivity contribution in [3.8, 4) is 0 Å². The quantitative estimate of drug-likeness (QED) is 0.444. The summed E-state index contributed by atoms with van der Waals surface area (Å²) in [6, 6.07) is 16.0. The second-order valence-corrected chi connectivity index (χ2v) is 8.35. The lowest BCUT2D eigenvalue weighted by Crippen LogP contribution is -2.26.